The Bertz CT molecular complexity index is 793. The molecular formula is C15H13BrN4O. The number of pyridine rings is 1. The summed E-state index contributed by atoms with van der Waals surface area (Å²) in [6.07, 6.45) is 3.55. The van der Waals surface area contributed by atoms with Crippen LogP contribution in [0.2, 0.25) is 0 Å². The zero-order chi connectivity index (χ0) is 14.8. The van der Waals surface area contributed by atoms with E-state index in [2.05, 4.69) is 36.2 Å². The predicted molar refractivity (Wildman–Crippen MR) is 86.6 cm³/mol. The monoisotopic (exact) mass is 344 g/mol. The minimum Gasteiger partial charge on any atom is -0.493 e. The fourth-order valence-electron chi connectivity index (χ4n) is 2.18. The van der Waals surface area contributed by atoms with E-state index in [1.54, 1.807) is 26.6 Å². The number of methoxy groups -OCH3 is 1. The van der Waals surface area contributed by atoms with E-state index in [9.17, 15) is 0 Å². The maximum Gasteiger partial charge on any atom is 0.223 e. The van der Waals surface area contributed by atoms with Gasteiger partial charge in [-0.3, -0.25) is 4.98 Å². The number of hydrogen-bond acceptors (Lipinski definition) is 5. The summed E-state index contributed by atoms with van der Waals surface area (Å²) in [7, 11) is 3.41. The molecule has 21 heavy (non-hydrogen) atoms. The van der Waals surface area contributed by atoms with Gasteiger partial charge in [0.15, 0.2) is 5.75 Å². The van der Waals surface area contributed by atoms with Crippen molar-refractivity contribution in [1.82, 2.24) is 15.0 Å². The van der Waals surface area contributed by atoms with Gasteiger partial charge in [-0.15, -0.1) is 0 Å². The average Bonchev–Trinajstić information content (AvgIpc) is 2.54. The lowest BCUT2D eigenvalue weighted by atomic mass is 10.1. The van der Waals surface area contributed by atoms with Crippen molar-refractivity contribution < 1.29 is 4.74 Å². The first-order valence-electron chi connectivity index (χ1n) is 6.37. The minimum atomic E-state index is 0.547. The third-order valence-electron chi connectivity index (χ3n) is 3.15. The maximum absolute atomic E-state index is 5.46. The summed E-state index contributed by atoms with van der Waals surface area (Å²) in [5.74, 6) is 1.23. The fraction of sp³-hybridized carbons (Fsp3) is 0.133. The number of rotatable bonds is 3. The molecule has 2 aromatic heterocycles. The second-order valence-electron chi connectivity index (χ2n) is 4.36. The molecule has 0 fully saturated rings. The van der Waals surface area contributed by atoms with E-state index in [1.165, 1.54) is 0 Å². The van der Waals surface area contributed by atoms with E-state index >= 15 is 0 Å². The Morgan fingerprint density at radius 2 is 2.10 bits per heavy atom. The number of aromatic nitrogens is 3. The molecule has 1 aromatic carbocycles. The van der Waals surface area contributed by atoms with Gasteiger partial charge in [-0.05, 0) is 34.1 Å². The molecule has 0 saturated heterocycles. The Hall–Kier alpha value is -2.21. The van der Waals surface area contributed by atoms with Gasteiger partial charge < -0.3 is 10.1 Å². The minimum absolute atomic E-state index is 0.547. The molecule has 0 aliphatic rings. The standard InChI is InChI=1S/C15H13BrN4O/c1-17-15-19-8-10-9(12-5-3-4-6-18-12)7-11(16)14(21-2)13(10)20-15/h3-8H,1-2H3,(H,17,19,20). The first-order valence-corrected chi connectivity index (χ1v) is 7.16. The Labute approximate surface area is 130 Å². The van der Waals surface area contributed by atoms with E-state index in [-0.39, 0.29) is 0 Å². The largest absolute Gasteiger partial charge is 0.493 e. The molecule has 0 aliphatic carbocycles. The lowest BCUT2D eigenvalue weighted by molar-refractivity contribution is 0.416. The molecule has 5 nitrogen and oxygen atoms in total. The van der Waals surface area contributed by atoms with Crippen LogP contribution in [0, 0.1) is 0 Å². The van der Waals surface area contributed by atoms with Gasteiger partial charge in [-0.2, -0.15) is 0 Å². The number of anilines is 1. The van der Waals surface area contributed by atoms with Crippen LogP contribution in [0.5, 0.6) is 5.75 Å². The van der Waals surface area contributed by atoms with Crippen LogP contribution in [0.25, 0.3) is 22.2 Å². The topological polar surface area (TPSA) is 59.9 Å². The highest BCUT2D eigenvalue weighted by molar-refractivity contribution is 9.10. The van der Waals surface area contributed by atoms with Crippen LogP contribution >= 0.6 is 15.9 Å². The third-order valence-corrected chi connectivity index (χ3v) is 3.74. The highest BCUT2D eigenvalue weighted by atomic mass is 79.9. The van der Waals surface area contributed by atoms with Gasteiger partial charge in [0.25, 0.3) is 0 Å². The smallest absolute Gasteiger partial charge is 0.223 e. The van der Waals surface area contributed by atoms with Gasteiger partial charge >= 0.3 is 0 Å². The summed E-state index contributed by atoms with van der Waals surface area (Å²) in [5, 5.41) is 3.84. The van der Waals surface area contributed by atoms with Crippen molar-refractivity contribution in [3.8, 4) is 17.0 Å². The van der Waals surface area contributed by atoms with Gasteiger partial charge in [0.2, 0.25) is 5.95 Å². The Balaban J connectivity index is 2.37. The summed E-state index contributed by atoms with van der Waals surface area (Å²) in [4.78, 5) is 13.2. The number of nitrogens with one attached hydrogen (secondary N) is 1. The molecule has 0 unspecified atom stereocenters. The number of ether oxygens (including phenoxy) is 1. The SMILES string of the molecule is CNc1ncc2c(-c3ccccn3)cc(Br)c(OC)c2n1. The molecule has 106 valence electrons. The molecule has 0 spiro atoms. The van der Waals surface area contributed by atoms with Crippen LogP contribution in [0.1, 0.15) is 0 Å². The zero-order valence-corrected chi connectivity index (χ0v) is 13.2. The van der Waals surface area contributed by atoms with Crippen LogP contribution in [0.3, 0.4) is 0 Å². The van der Waals surface area contributed by atoms with E-state index in [4.69, 9.17) is 4.74 Å². The molecule has 0 amide bonds. The summed E-state index contributed by atoms with van der Waals surface area (Å²) < 4.78 is 6.30. The Morgan fingerprint density at radius 3 is 2.76 bits per heavy atom. The van der Waals surface area contributed by atoms with Gasteiger partial charge in [-0.25, -0.2) is 9.97 Å². The number of nitrogens with zero attached hydrogens (tertiary/aromatic N) is 3. The van der Waals surface area contributed by atoms with Crippen molar-refractivity contribution in [1.29, 1.82) is 0 Å². The van der Waals surface area contributed by atoms with Crippen molar-refractivity contribution in [3.63, 3.8) is 0 Å². The Kier molecular flexibility index (Phi) is 3.70. The van der Waals surface area contributed by atoms with Gasteiger partial charge in [0.1, 0.15) is 5.52 Å². The van der Waals surface area contributed by atoms with Gasteiger partial charge in [-0.1, -0.05) is 6.07 Å². The molecule has 0 aliphatic heterocycles. The Morgan fingerprint density at radius 1 is 1.24 bits per heavy atom. The summed E-state index contributed by atoms with van der Waals surface area (Å²) in [5.41, 5.74) is 2.57. The highest BCUT2D eigenvalue weighted by Gasteiger charge is 2.15. The van der Waals surface area contributed by atoms with Crippen molar-refractivity contribution in [2.24, 2.45) is 0 Å². The van der Waals surface area contributed by atoms with Crippen LogP contribution in [0.15, 0.2) is 41.1 Å². The first-order chi connectivity index (χ1) is 10.2. The van der Waals surface area contributed by atoms with E-state index in [0.717, 1.165) is 26.6 Å². The number of fused-ring (bicyclic) bond motifs is 1. The van der Waals surface area contributed by atoms with Crippen LogP contribution < -0.4 is 10.1 Å². The number of hydrogen-bond donors (Lipinski definition) is 1. The third kappa shape index (κ3) is 2.42. The summed E-state index contributed by atoms with van der Waals surface area (Å²) in [6, 6.07) is 7.78. The normalized spacial score (nSPS) is 10.6. The summed E-state index contributed by atoms with van der Waals surface area (Å²) >= 11 is 3.54. The molecule has 6 heteroatoms. The first kappa shape index (κ1) is 13.8. The van der Waals surface area contributed by atoms with E-state index in [1.807, 2.05) is 24.3 Å². The average molecular weight is 345 g/mol. The van der Waals surface area contributed by atoms with Crippen molar-refractivity contribution in [2.45, 2.75) is 0 Å². The molecule has 0 radical (unpaired) electrons. The second-order valence-corrected chi connectivity index (χ2v) is 5.21. The van der Waals surface area contributed by atoms with Gasteiger partial charge in [0.05, 0.1) is 17.3 Å². The molecule has 3 rings (SSSR count). The van der Waals surface area contributed by atoms with Gasteiger partial charge in [0, 0.05) is 30.4 Å². The number of benzene rings is 1. The predicted octanol–water partition coefficient (Wildman–Crippen LogP) is 3.50. The molecule has 0 saturated carbocycles. The second kappa shape index (κ2) is 5.65. The van der Waals surface area contributed by atoms with Crippen LogP contribution in [-0.2, 0) is 0 Å². The molecule has 0 bridgehead atoms. The molecule has 0 atom stereocenters. The van der Waals surface area contributed by atoms with Crippen LogP contribution in [0.4, 0.5) is 5.95 Å². The molecular weight excluding hydrogens is 332 g/mol. The fourth-order valence-corrected chi connectivity index (χ4v) is 2.76. The molecule has 1 N–H and O–H groups in total. The van der Waals surface area contributed by atoms with Crippen molar-refractivity contribution >= 4 is 32.8 Å². The summed E-state index contributed by atoms with van der Waals surface area (Å²) in [6.45, 7) is 0. The molecule has 2 heterocycles. The lowest BCUT2D eigenvalue weighted by Crippen LogP contribution is -1.99. The van der Waals surface area contributed by atoms with E-state index < -0.39 is 0 Å². The quantitative estimate of drug-likeness (QED) is 0.787. The highest BCUT2D eigenvalue weighted by Crippen LogP contribution is 2.38. The van der Waals surface area contributed by atoms with E-state index in [0.29, 0.717) is 11.7 Å². The lowest BCUT2D eigenvalue weighted by Gasteiger charge is -2.12. The molecule has 3 aromatic rings. The maximum atomic E-state index is 5.46. The van der Waals surface area contributed by atoms with Crippen molar-refractivity contribution in [2.75, 3.05) is 19.5 Å². The number of halogens is 1. The zero-order valence-electron chi connectivity index (χ0n) is 11.6. The van der Waals surface area contributed by atoms with Crippen molar-refractivity contribution in [3.05, 3.63) is 41.1 Å². The van der Waals surface area contributed by atoms with Crippen LogP contribution in [-0.4, -0.2) is 29.1 Å².